The molecule has 1 aliphatic heterocycles. The van der Waals surface area contributed by atoms with Crippen LogP contribution < -0.4 is 0 Å². The SMILES string of the molecule is CCCCCCCCCCCCCCCCCCCCCC(=O)OC(CC)N1C#CC(C)=[N+](CC(=O)O)CCC1. The molecule has 0 radical (unpaired) electrons. The third-order valence-electron chi connectivity index (χ3n) is 7.96. The lowest BCUT2D eigenvalue weighted by Crippen LogP contribution is -2.38. The van der Waals surface area contributed by atoms with Gasteiger partial charge in [0.2, 0.25) is 12.3 Å². The van der Waals surface area contributed by atoms with E-state index in [2.05, 4.69) is 18.9 Å². The van der Waals surface area contributed by atoms with Crippen molar-refractivity contribution >= 4 is 17.7 Å². The lowest BCUT2D eigenvalue weighted by Gasteiger charge is -2.27. The van der Waals surface area contributed by atoms with Crippen LogP contribution in [0.25, 0.3) is 0 Å². The smallest absolute Gasteiger partial charge is 0.369 e. The van der Waals surface area contributed by atoms with Crippen molar-refractivity contribution in [3.05, 3.63) is 0 Å². The first-order chi connectivity index (χ1) is 19.5. The number of rotatable bonds is 25. The lowest BCUT2D eigenvalue weighted by atomic mass is 10.0. The largest absolute Gasteiger partial charge is 0.477 e. The number of esters is 1. The fourth-order valence-electron chi connectivity index (χ4n) is 5.39. The topological polar surface area (TPSA) is 69.8 Å². The van der Waals surface area contributed by atoms with Crippen molar-refractivity contribution in [2.24, 2.45) is 0 Å². The van der Waals surface area contributed by atoms with E-state index in [9.17, 15) is 9.59 Å². The second kappa shape index (κ2) is 24.7. The van der Waals surface area contributed by atoms with Crippen LogP contribution in [-0.4, -0.2) is 58.1 Å². The minimum atomic E-state index is -0.853. The Labute approximate surface area is 246 Å². The molecule has 6 heteroatoms. The summed E-state index contributed by atoms with van der Waals surface area (Å²) in [5.74, 6) is 2.05. The van der Waals surface area contributed by atoms with Gasteiger partial charge in [-0.1, -0.05) is 129 Å². The van der Waals surface area contributed by atoms with Crippen molar-refractivity contribution in [2.45, 2.75) is 168 Å². The van der Waals surface area contributed by atoms with E-state index in [0.29, 0.717) is 25.9 Å². The molecule has 6 nitrogen and oxygen atoms in total. The number of carboxylic acid groups (broad SMARTS) is 1. The first kappa shape index (κ1) is 36.0. The molecule has 1 atom stereocenters. The number of unbranched alkanes of at least 4 members (excludes halogenated alkanes) is 18. The first-order valence-corrected chi connectivity index (χ1v) is 16.8. The first-order valence-electron chi connectivity index (χ1n) is 16.8. The Morgan fingerprint density at radius 3 is 1.75 bits per heavy atom. The van der Waals surface area contributed by atoms with E-state index < -0.39 is 5.97 Å². The number of aliphatic carboxylic acids is 1. The van der Waals surface area contributed by atoms with Crippen molar-refractivity contribution < 1.29 is 24.0 Å². The number of ether oxygens (including phenoxy) is 1. The van der Waals surface area contributed by atoms with Crippen LogP contribution in [0.1, 0.15) is 162 Å². The zero-order valence-electron chi connectivity index (χ0n) is 26.3. The molecule has 0 fully saturated rings. The Morgan fingerprint density at radius 2 is 1.30 bits per heavy atom. The summed E-state index contributed by atoms with van der Waals surface area (Å²) < 4.78 is 7.56. The molecule has 0 aromatic heterocycles. The molecular formula is C34H61N2O4+. The number of carboxylic acids is 1. The van der Waals surface area contributed by atoms with Gasteiger partial charge in [-0.05, 0) is 6.42 Å². The second-order valence-corrected chi connectivity index (χ2v) is 11.7. The van der Waals surface area contributed by atoms with Crippen molar-refractivity contribution in [1.82, 2.24) is 4.90 Å². The molecule has 1 aliphatic rings. The molecule has 230 valence electrons. The molecule has 0 spiro atoms. The van der Waals surface area contributed by atoms with Gasteiger partial charge in [-0.2, -0.15) is 0 Å². The van der Waals surface area contributed by atoms with E-state index in [1.165, 1.54) is 109 Å². The van der Waals surface area contributed by atoms with E-state index in [1.807, 2.05) is 18.7 Å². The van der Waals surface area contributed by atoms with Crippen LogP contribution in [0, 0.1) is 12.0 Å². The van der Waals surface area contributed by atoms with Crippen LogP contribution in [0.5, 0.6) is 0 Å². The highest BCUT2D eigenvalue weighted by molar-refractivity contribution is 5.94. The van der Waals surface area contributed by atoms with Gasteiger partial charge in [0, 0.05) is 44.7 Å². The van der Waals surface area contributed by atoms with E-state index >= 15 is 0 Å². The highest BCUT2D eigenvalue weighted by atomic mass is 16.6. The maximum absolute atomic E-state index is 12.5. The summed E-state index contributed by atoms with van der Waals surface area (Å²) >= 11 is 0. The van der Waals surface area contributed by atoms with Crippen molar-refractivity contribution in [2.75, 3.05) is 19.6 Å². The third kappa shape index (κ3) is 19.1. The van der Waals surface area contributed by atoms with Crippen LogP contribution in [0.3, 0.4) is 0 Å². The highest BCUT2D eigenvalue weighted by Gasteiger charge is 2.22. The van der Waals surface area contributed by atoms with E-state index in [0.717, 1.165) is 25.0 Å². The molecule has 0 saturated heterocycles. The van der Waals surface area contributed by atoms with Crippen LogP contribution in [0.4, 0.5) is 0 Å². The van der Waals surface area contributed by atoms with Crippen LogP contribution in [-0.2, 0) is 14.3 Å². The average Bonchev–Trinajstić information content (AvgIpc) is 2.93. The second-order valence-electron chi connectivity index (χ2n) is 11.7. The van der Waals surface area contributed by atoms with Gasteiger partial charge in [0.05, 0.1) is 0 Å². The molecule has 0 aromatic carbocycles. The lowest BCUT2D eigenvalue weighted by molar-refractivity contribution is -0.518. The van der Waals surface area contributed by atoms with E-state index in [4.69, 9.17) is 9.84 Å². The van der Waals surface area contributed by atoms with E-state index in [1.54, 1.807) is 4.58 Å². The standard InChI is InChI=1S/C34H60N2O4/c1-4-6-7-8-9-10-11-12-13-14-15-16-17-18-19-20-21-22-23-25-34(39)40-32(5-2)35-27-24-28-36(30-33(37)38)31(3)26-29-35/h32H,4-25,27-28,30H2,1-3H3/p+1. The fraction of sp³-hybridized carbons (Fsp3) is 0.853. The number of carbonyl (C=O) groups is 2. The molecule has 1 rings (SSSR count). The van der Waals surface area contributed by atoms with Crippen molar-refractivity contribution in [1.29, 1.82) is 0 Å². The quantitative estimate of drug-likeness (QED) is 0.0525. The Hall–Kier alpha value is -2.03. The summed E-state index contributed by atoms with van der Waals surface area (Å²) in [4.78, 5) is 25.4. The Morgan fingerprint density at radius 1 is 0.825 bits per heavy atom. The zero-order chi connectivity index (χ0) is 29.3. The average molecular weight is 562 g/mol. The Bertz CT molecular complexity index is 768. The molecular weight excluding hydrogens is 500 g/mol. The minimum absolute atomic E-state index is 0.0356. The number of hydrogen-bond donors (Lipinski definition) is 1. The molecule has 1 heterocycles. The van der Waals surface area contributed by atoms with Crippen molar-refractivity contribution in [3.8, 4) is 12.0 Å². The predicted molar refractivity (Wildman–Crippen MR) is 166 cm³/mol. The molecule has 0 aromatic rings. The maximum Gasteiger partial charge on any atom is 0.369 e. The number of nitrogens with zero attached hydrogens (tertiary/aromatic N) is 2. The highest BCUT2D eigenvalue weighted by Crippen LogP contribution is 2.15. The minimum Gasteiger partial charge on any atom is -0.477 e. The fourth-order valence-corrected chi connectivity index (χ4v) is 5.39. The van der Waals surface area contributed by atoms with Gasteiger partial charge in [0.1, 0.15) is 6.54 Å². The molecule has 0 saturated carbocycles. The number of carbonyl (C=O) groups excluding carboxylic acids is 1. The molecule has 1 N–H and O–H groups in total. The molecule has 0 aliphatic carbocycles. The van der Waals surface area contributed by atoms with Crippen LogP contribution in [0.2, 0.25) is 0 Å². The summed E-state index contributed by atoms with van der Waals surface area (Å²) in [7, 11) is 0. The summed E-state index contributed by atoms with van der Waals surface area (Å²) in [5, 5.41) is 9.08. The van der Waals surface area contributed by atoms with Crippen LogP contribution >= 0.6 is 0 Å². The van der Waals surface area contributed by atoms with Gasteiger partial charge in [-0.3, -0.25) is 9.69 Å². The van der Waals surface area contributed by atoms with Gasteiger partial charge in [-0.25, -0.2) is 9.37 Å². The van der Waals surface area contributed by atoms with Gasteiger partial charge >= 0.3 is 11.9 Å². The summed E-state index contributed by atoms with van der Waals surface area (Å²) in [5.41, 5.74) is 0.738. The molecule has 1 unspecified atom stereocenters. The molecule has 40 heavy (non-hydrogen) atoms. The monoisotopic (exact) mass is 561 g/mol. The van der Waals surface area contributed by atoms with Gasteiger partial charge < -0.3 is 9.84 Å². The van der Waals surface area contributed by atoms with Crippen molar-refractivity contribution in [3.63, 3.8) is 0 Å². The summed E-state index contributed by atoms with van der Waals surface area (Å²) in [6.07, 6.45) is 27.0. The van der Waals surface area contributed by atoms with Crippen LogP contribution in [0.15, 0.2) is 0 Å². The van der Waals surface area contributed by atoms with Gasteiger partial charge in [0.15, 0.2) is 6.23 Å². The number of hydrogen-bond acceptors (Lipinski definition) is 4. The normalized spacial score (nSPS) is 14.3. The van der Waals surface area contributed by atoms with Gasteiger partial charge in [0.25, 0.3) is 0 Å². The third-order valence-corrected chi connectivity index (χ3v) is 7.96. The summed E-state index contributed by atoms with van der Waals surface area (Å²) in [6, 6.07) is 3.09. The van der Waals surface area contributed by atoms with Gasteiger partial charge in [-0.15, -0.1) is 0 Å². The Balaban J connectivity index is 2.02. The zero-order valence-corrected chi connectivity index (χ0v) is 26.3. The maximum atomic E-state index is 12.5. The predicted octanol–water partition coefficient (Wildman–Crippen LogP) is 8.31. The molecule has 0 amide bonds. The Kier molecular flexibility index (Phi) is 22.3. The van der Waals surface area contributed by atoms with E-state index in [-0.39, 0.29) is 18.7 Å². The summed E-state index contributed by atoms with van der Waals surface area (Å²) in [6.45, 7) is 7.38. The molecule has 0 bridgehead atoms.